The molecule has 4 nitrogen and oxygen atoms in total. The molecule has 1 amide bonds. The van der Waals surface area contributed by atoms with E-state index in [2.05, 4.69) is 5.32 Å². The van der Waals surface area contributed by atoms with Crippen LogP contribution in [0.2, 0.25) is 0 Å². The molecule has 1 aliphatic heterocycles. The van der Waals surface area contributed by atoms with E-state index >= 15 is 0 Å². The van der Waals surface area contributed by atoms with Crippen LogP contribution in [0.5, 0.6) is 11.5 Å². The fourth-order valence-electron chi connectivity index (χ4n) is 3.42. The highest BCUT2D eigenvalue weighted by atomic mass is 19.4. The van der Waals surface area contributed by atoms with Gasteiger partial charge in [0.15, 0.2) is 11.5 Å². The fraction of sp³-hybridized carbons (Fsp3) is 0.350. The molecular weight excluding hydrogens is 359 g/mol. The van der Waals surface area contributed by atoms with E-state index in [1.54, 1.807) is 18.2 Å². The van der Waals surface area contributed by atoms with E-state index in [0.717, 1.165) is 11.6 Å². The molecule has 2 unspecified atom stereocenters. The van der Waals surface area contributed by atoms with Gasteiger partial charge in [-0.3, -0.25) is 4.79 Å². The summed E-state index contributed by atoms with van der Waals surface area (Å²) in [5.41, 5.74) is 0.391. The van der Waals surface area contributed by atoms with Crippen molar-refractivity contribution in [2.45, 2.75) is 25.1 Å². The van der Waals surface area contributed by atoms with Crippen LogP contribution >= 0.6 is 0 Å². The largest absolute Gasteiger partial charge is 0.486 e. The van der Waals surface area contributed by atoms with E-state index < -0.39 is 17.7 Å². The second-order valence-electron chi connectivity index (χ2n) is 6.73. The predicted molar refractivity (Wildman–Crippen MR) is 91.6 cm³/mol. The Kier molecular flexibility index (Phi) is 4.45. The van der Waals surface area contributed by atoms with Gasteiger partial charge < -0.3 is 14.8 Å². The van der Waals surface area contributed by atoms with E-state index in [9.17, 15) is 18.0 Å². The van der Waals surface area contributed by atoms with Crippen LogP contribution in [-0.2, 0) is 17.5 Å². The predicted octanol–water partition coefficient (Wildman–Crippen LogP) is 3.90. The van der Waals surface area contributed by atoms with Crippen LogP contribution in [0.1, 0.15) is 29.0 Å². The van der Waals surface area contributed by atoms with Gasteiger partial charge in [0.25, 0.3) is 0 Å². The highest BCUT2D eigenvalue weighted by molar-refractivity contribution is 5.83. The number of fused-ring (bicyclic) bond motifs is 1. The molecule has 1 saturated carbocycles. The highest BCUT2D eigenvalue weighted by Gasteiger charge is 2.47. The van der Waals surface area contributed by atoms with Crippen LogP contribution in [0, 0.1) is 5.92 Å². The number of alkyl halides is 3. The molecule has 0 saturated heterocycles. The van der Waals surface area contributed by atoms with Gasteiger partial charge in [-0.1, -0.05) is 24.3 Å². The van der Waals surface area contributed by atoms with Crippen LogP contribution in [0.3, 0.4) is 0 Å². The molecule has 2 aliphatic rings. The van der Waals surface area contributed by atoms with Crippen molar-refractivity contribution >= 4 is 5.91 Å². The van der Waals surface area contributed by atoms with Crippen molar-refractivity contribution in [1.29, 1.82) is 0 Å². The van der Waals surface area contributed by atoms with Crippen molar-refractivity contribution in [3.8, 4) is 11.5 Å². The number of ether oxygens (including phenoxy) is 2. The van der Waals surface area contributed by atoms with Crippen molar-refractivity contribution in [2.75, 3.05) is 13.2 Å². The Bertz CT molecular complexity index is 866. The van der Waals surface area contributed by atoms with Gasteiger partial charge in [-0.25, -0.2) is 0 Å². The standard InChI is InChI=1S/C20H18F3NO3/c21-20(22,23)16-4-2-1-3-13(16)14-10-15(14)19(25)24-11-12-5-6-17-18(9-12)27-8-7-26-17/h1-6,9,14-15H,7-8,10-11H2,(H,24,25). The minimum Gasteiger partial charge on any atom is -0.486 e. The lowest BCUT2D eigenvalue weighted by molar-refractivity contribution is -0.138. The lowest BCUT2D eigenvalue weighted by Crippen LogP contribution is -2.25. The summed E-state index contributed by atoms with van der Waals surface area (Å²) in [6, 6.07) is 10.9. The summed E-state index contributed by atoms with van der Waals surface area (Å²) in [4.78, 5) is 12.4. The number of hydrogen-bond donors (Lipinski definition) is 1. The van der Waals surface area contributed by atoms with Crippen molar-refractivity contribution in [3.05, 3.63) is 59.2 Å². The topological polar surface area (TPSA) is 47.6 Å². The van der Waals surface area contributed by atoms with E-state index in [-0.39, 0.29) is 17.4 Å². The van der Waals surface area contributed by atoms with Gasteiger partial charge >= 0.3 is 6.18 Å². The number of benzene rings is 2. The second-order valence-corrected chi connectivity index (χ2v) is 6.73. The number of carbonyl (C=O) groups excluding carboxylic acids is 1. The first-order valence-corrected chi connectivity index (χ1v) is 8.76. The molecule has 0 spiro atoms. The van der Waals surface area contributed by atoms with Crippen LogP contribution in [0.25, 0.3) is 0 Å². The molecule has 142 valence electrons. The molecule has 1 aliphatic carbocycles. The van der Waals surface area contributed by atoms with Gasteiger partial charge in [-0.05, 0) is 41.7 Å². The van der Waals surface area contributed by atoms with E-state index in [1.165, 1.54) is 12.1 Å². The number of amides is 1. The molecule has 1 fully saturated rings. The van der Waals surface area contributed by atoms with Crippen LogP contribution in [0.15, 0.2) is 42.5 Å². The molecule has 1 N–H and O–H groups in total. The molecule has 0 radical (unpaired) electrons. The Labute approximate surface area is 154 Å². The van der Waals surface area contributed by atoms with Crippen molar-refractivity contribution < 1.29 is 27.4 Å². The van der Waals surface area contributed by atoms with Crippen molar-refractivity contribution in [1.82, 2.24) is 5.32 Å². The van der Waals surface area contributed by atoms with Gasteiger partial charge in [-0.15, -0.1) is 0 Å². The summed E-state index contributed by atoms with van der Waals surface area (Å²) in [5, 5.41) is 2.81. The van der Waals surface area contributed by atoms with Crippen LogP contribution in [-0.4, -0.2) is 19.1 Å². The minimum absolute atomic E-state index is 0.199. The summed E-state index contributed by atoms with van der Waals surface area (Å²) in [7, 11) is 0. The lowest BCUT2D eigenvalue weighted by atomic mass is 10.0. The molecule has 1 heterocycles. The van der Waals surface area contributed by atoms with Gasteiger partial charge in [0, 0.05) is 12.5 Å². The zero-order chi connectivity index (χ0) is 19.0. The molecule has 0 bridgehead atoms. The maximum Gasteiger partial charge on any atom is 0.416 e. The zero-order valence-electron chi connectivity index (χ0n) is 14.4. The SMILES string of the molecule is O=C(NCc1ccc2c(c1)OCCO2)C1CC1c1ccccc1C(F)(F)F. The first-order chi connectivity index (χ1) is 12.9. The average Bonchev–Trinajstić information content (AvgIpc) is 3.46. The lowest BCUT2D eigenvalue weighted by Gasteiger charge is -2.19. The Morgan fingerprint density at radius 3 is 2.59 bits per heavy atom. The summed E-state index contributed by atoms with van der Waals surface area (Å²) < 4.78 is 50.4. The Morgan fingerprint density at radius 1 is 1.07 bits per heavy atom. The second kappa shape index (κ2) is 6.79. The highest BCUT2D eigenvalue weighted by Crippen LogP contribution is 2.51. The first-order valence-electron chi connectivity index (χ1n) is 8.76. The number of halogens is 3. The van der Waals surface area contributed by atoms with Gasteiger partial charge in [-0.2, -0.15) is 13.2 Å². The zero-order valence-corrected chi connectivity index (χ0v) is 14.4. The molecule has 2 atom stereocenters. The van der Waals surface area contributed by atoms with E-state index in [0.29, 0.717) is 37.7 Å². The van der Waals surface area contributed by atoms with Crippen molar-refractivity contribution in [2.24, 2.45) is 5.92 Å². The third-order valence-electron chi connectivity index (χ3n) is 4.87. The summed E-state index contributed by atoms with van der Waals surface area (Å²) in [6.07, 6.45) is -3.98. The number of rotatable bonds is 4. The van der Waals surface area contributed by atoms with Crippen LogP contribution in [0.4, 0.5) is 13.2 Å². The Morgan fingerprint density at radius 2 is 1.81 bits per heavy atom. The summed E-state index contributed by atoms with van der Waals surface area (Å²) in [5.74, 6) is 0.263. The smallest absolute Gasteiger partial charge is 0.416 e. The molecule has 0 aromatic heterocycles. The molecule has 7 heteroatoms. The Hall–Kier alpha value is -2.70. The average molecular weight is 377 g/mol. The Balaban J connectivity index is 1.39. The van der Waals surface area contributed by atoms with Gasteiger partial charge in [0.05, 0.1) is 5.56 Å². The monoisotopic (exact) mass is 377 g/mol. The summed E-state index contributed by atoms with van der Waals surface area (Å²) in [6.45, 7) is 1.27. The molecule has 27 heavy (non-hydrogen) atoms. The molecule has 2 aromatic rings. The van der Waals surface area contributed by atoms with Crippen LogP contribution < -0.4 is 14.8 Å². The minimum atomic E-state index is -4.41. The summed E-state index contributed by atoms with van der Waals surface area (Å²) >= 11 is 0. The van der Waals surface area contributed by atoms with E-state index in [1.807, 2.05) is 6.07 Å². The number of carbonyl (C=O) groups is 1. The third-order valence-corrected chi connectivity index (χ3v) is 4.87. The first kappa shape index (κ1) is 17.7. The van der Waals surface area contributed by atoms with Crippen molar-refractivity contribution in [3.63, 3.8) is 0 Å². The number of hydrogen-bond acceptors (Lipinski definition) is 3. The quantitative estimate of drug-likeness (QED) is 0.879. The maximum absolute atomic E-state index is 13.1. The molecular formula is C20H18F3NO3. The van der Waals surface area contributed by atoms with Gasteiger partial charge in [0.1, 0.15) is 13.2 Å². The fourth-order valence-corrected chi connectivity index (χ4v) is 3.42. The number of nitrogens with one attached hydrogen (secondary N) is 1. The molecule has 4 rings (SSSR count). The molecule has 2 aromatic carbocycles. The van der Waals surface area contributed by atoms with Gasteiger partial charge in [0.2, 0.25) is 5.91 Å². The third kappa shape index (κ3) is 3.72. The maximum atomic E-state index is 13.1. The van der Waals surface area contributed by atoms with E-state index in [4.69, 9.17) is 9.47 Å². The normalized spacial score (nSPS) is 20.9.